The van der Waals surface area contributed by atoms with Crippen molar-refractivity contribution in [2.75, 3.05) is 6.61 Å². The lowest BCUT2D eigenvalue weighted by Crippen LogP contribution is -2.13. The van der Waals surface area contributed by atoms with Gasteiger partial charge in [-0.3, -0.25) is 0 Å². The minimum atomic E-state index is -0.964. The van der Waals surface area contributed by atoms with Crippen LogP contribution in [0.5, 0.6) is 5.75 Å². The summed E-state index contributed by atoms with van der Waals surface area (Å²) in [5.74, 6) is 5.33. The molecule has 178 valence electrons. The average Bonchev–Trinajstić information content (AvgIpc) is 2.85. The minimum absolute atomic E-state index is 0.0495. The Bertz CT molecular complexity index is 915. The Morgan fingerprint density at radius 1 is 0.788 bits per heavy atom. The largest absolute Gasteiger partial charge is 0.490 e. The zero-order valence-corrected chi connectivity index (χ0v) is 20.3. The molecule has 1 aliphatic carbocycles. The van der Waals surface area contributed by atoms with Crippen LogP contribution in [0.25, 0.3) is 0 Å². The van der Waals surface area contributed by atoms with Gasteiger partial charge in [-0.25, -0.2) is 4.39 Å². The van der Waals surface area contributed by atoms with E-state index in [2.05, 4.69) is 30.9 Å². The maximum absolute atomic E-state index is 14.4. The Morgan fingerprint density at radius 2 is 1.52 bits per heavy atom. The van der Waals surface area contributed by atoms with Gasteiger partial charge in [0, 0.05) is 5.56 Å². The second-order valence-electron chi connectivity index (χ2n) is 9.38. The summed E-state index contributed by atoms with van der Waals surface area (Å²) in [4.78, 5) is 0. The normalized spacial score (nSPS) is 17.9. The van der Waals surface area contributed by atoms with Crippen molar-refractivity contribution in [3.8, 4) is 17.6 Å². The lowest BCUT2D eigenvalue weighted by atomic mass is 9.77. The first kappa shape index (κ1) is 25.3. The third-order valence-corrected chi connectivity index (χ3v) is 6.84. The lowest BCUT2D eigenvalue weighted by Gasteiger charge is -2.29. The molecule has 0 radical (unpaired) electrons. The first-order chi connectivity index (χ1) is 16.1. The Balaban J connectivity index is 1.54. The van der Waals surface area contributed by atoms with Gasteiger partial charge in [0.05, 0.1) is 12.2 Å². The van der Waals surface area contributed by atoms with Gasteiger partial charge in [-0.15, -0.1) is 0 Å². The van der Waals surface area contributed by atoms with E-state index < -0.39 is 11.6 Å². The highest BCUT2D eigenvalue weighted by atomic mass is 19.2. The third kappa shape index (κ3) is 7.60. The van der Waals surface area contributed by atoms with Crippen LogP contribution in [0.1, 0.15) is 107 Å². The van der Waals surface area contributed by atoms with E-state index in [1.807, 2.05) is 19.1 Å². The summed E-state index contributed by atoms with van der Waals surface area (Å²) >= 11 is 0. The van der Waals surface area contributed by atoms with Crippen LogP contribution >= 0.6 is 0 Å². The van der Waals surface area contributed by atoms with E-state index in [9.17, 15) is 8.78 Å². The summed E-state index contributed by atoms with van der Waals surface area (Å²) in [7, 11) is 0. The molecule has 2 aromatic carbocycles. The van der Waals surface area contributed by atoms with Crippen LogP contribution in [0.4, 0.5) is 8.78 Å². The predicted molar refractivity (Wildman–Crippen MR) is 133 cm³/mol. The third-order valence-electron chi connectivity index (χ3n) is 6.84. The molecule has 0 aliphatic heterocycles. The maximum Gasteiger partial charge on any atom is 0.201 e. The van der Waals surface area contributed by atoms with Crippen LogP contribution < -0.4 is 4.74 Å². The fraction of sp³-hybridized carbons (Fsp3) is 0.533. The quantitative estimate of drug-likeness (QED) is 0.258. The number of halogens is 2. The molecular weight excluding hydrogens is 414 g/mol. The van der Waals surface area contributed by atoms with Crippen molar-refractivity contribution in [2.45, 2.75) is 90.4 Å². The number of hydrogen-bond donors (Lipinski definition) is 0. The highest BCUT2D eigenvalue weighted by Crippen LogP contribution is 2.37. The summed E-state index contributed by atoms with van der Waals surface area (Å²) < 4.78 is 33.9. The molecule has 1 fully saturated rings. The topological polar surface area (TPSA) is 9.23 Å². The van der Waals surface area contributed by atoms with Gasteiger partial charge < -0.3 is 4.74 Å². The smallest absolute Gasteiger partial charge is 0.201 e. The molecule has 0 unspecified atom stereocenters. The van der Waals surface area contributed by atoms with Gasteiger partial charge >= 0.3 is 0 Å². The van der Waals surface area contributed by atoms with Crippen LogP contribution in [0.15, 0.2) is 36.4 Å². The predicted octanol–water partition coefficient (Wildman–Crippen LogP) is 8.79. The van der Waals surface area contributed by atoms with Crippen molar-refractivity contribution in [1.29, 1.82) is 0 Å². The SMILES string of the molecule is CCCCCCC1CCC(c2ccc(C#Cc3ccc(OCCCC)c(F)c3F)cc2)CC1. The van der Waals surface area contributed by atoms with E-state index in [1.165, 1.54) is 75.5 Å². The van der Waals surface area contributed by atoms with Gasteiger partial charge in [-0.05, 0) is 73.8 Å². The van der Waals surface area contributed by atoms with Crippen LogP contribution in [0, 0.1) is 29.4 Å². The molecule has 0 aromatic heterocycles. The number of rotatable bonds is 10. The molecule has 0 N–H and O–H groups in total. The van der Waals surface area contributed by atoms with Gasteiger partial charge in [0.15, 0.2) is 11.6 Å². The van der Waals surface area contributed by atoms with E-state index in [4.69, 9.17) is 4.74 Å². The Hall–Kier alpha value is -2.34. The highest BCUT2D eigenvalue weighted by molar-refractivity contribution is 5.46. The Morgan fingerprint density at radius 3 is 2.21 bits per heavy atom. The monoisotopic (exact) mass is 452 g/mol. The van der Waals surface area contributed by atoms with Crippen LogP contribution in [0.2, 0.25) is 0 Å². The first-order valence-electron chi connectivity index (χ1n) is 12.8. The molecule has 1 nitrogen and oxygen atoms in total. The molecule has 1 aliphatic rings. The van der Waals surface area contributed by atoms with Crippen molar-refractivity contribution < 1.29 is 13.5 Å². The van der Waals surface area contributed by atoms with Crippen molar-refractivity contribution in [3.05, 3.63) is 64.7 Å². The molecule has 0 bridgehead atoms. The molecule has 0 atom stereocenters. The summed E-state index contributed by atoms with van der Waals surface area (Å²) in [6, 6.07) is 11.2. The van der Waals surface area contributed by atoms with E-state index in [1.54, 1.807) is 0 Å². The molecule has 2 aromatic rings. The van der Waals surface area contributed by atoms with E-state index in [0.29, 0.717) is 12.5 Å². The van der Waals surface area contributed by atoms with Crippen molar-refractivity contribution >= 4 is 0 Å². The Kier molecular flexibility index (Phi) is 10.3. The van der Waals surface area contributed by atoms with E-state index >= 15 is 0 Å². The molecule has 0 saturated heterocycles. The van der Waals surface area contributed by atoms with Crippen LogP contribution in [0.3, 0.4) is 0 Å². The summed E-state index contributed by atoms with van der Waals surface area (Å²) in [6.45, 7) is 4.67. The molecule has 0 heterocycles. The second kappa shape index (κ2) is 13.4. The minimum Gasteiger partial charge on any atom is -0.490 e. The number of unbranched alkanes of at least 4 members (excludes halogenated alkanes) is 4. The second-order valence-corrected chi connectivity index (χ2v) is 9.38. The van der Waals surface area contributed by atoms with Gasteiger partial charge in [0.25, 0.3) is 0 Å². The van der Waals surface area contributed by atoms with E-state index in [-0.39, 0.29) is 11.3 Å². The average molecular weight is 453 g/mol. The summed E-state index contributed by atoms with van der Waals surface area (Å²) in [5, 5.41) is 0. The number of benzene rings is 2. The van der Waals surface area contributed by atoms with Gasteiger partial charge in [0.2, 0.25) is 5.82 Å². The zero-order valence-electron chi connectivity index (χ0n) is 20.3. The first-order valence-corrected chi connectivity index (χ1v) is 12.8. The van der Waals surface area contributed by atoms with Gasteiger partial charge in [-0.1, -0.05) is 76.3 Å². The molecule has 1 saturated carbocycles. The zero-order chi connectivity index (χ0) is 23.5. The number of ether oxygens (including phenoxy) is 1. The van der Waals surface area contributed by atoms with Crippen molar-refractivity contribution in [1.82, 2.24) is 0 Å². The standard InChI is InChI=1S/C30H38F2O/c1-3-5-7-8-9-23-10-15-25(16-11-23)26-17-12-24(13-18-26)14-19-27-20-21-28(30(32)29(27)31)33-22-6-4-2/h12-13,17-18,20-21,23,25H,3-11,15-16,22H2,1-2H3. The van der Waals surface area contributed by atoms with Crippen molar-refractivity contribution in [3.63, 3.8) is 0 Å². The summed E-state index contributed by atoms with van der Waals surface area (Å²) in [5.41, 5.74) is 2.24. The van der Waals surface area contributed by atoms with Gasteiger partial charge in [-0.2, -0.15) is 4.39 Å². The van der Waals surface area contributed by atoms with Crippen molar-refractivity contribution in [2.24, 2.45) is 5.92 Å². The molecular formula is C30H38F2O. The molecule has 0 amide bonds. The fourth-order valence-electron chi connectivity index (χ4n) is 4.69. The fourth-order valence-corrected chi connectivity index (χ4v) is 4.69. The van der Waals surface area contributed by atoms with Gasteiger partial charge in [0.1, 0.15) is 0 Å². The molecule has 3 rings (SSSR count). The van der Waals surface area contributed by atoms with Crippen LogP contribution in [-0.4, -0.2) is 6.61 Å². The van der Waals surface area contributed by atoms with E-state index in [0.717, 1.165) is 24.3 Å². The summed E-state index contributed by atoms with van der Waals surface area (Å²) in [6.07, 6.45) is 13.8. The molecule has 0 spiro atoms. The number of hydrogen-bond acceptors (Lipinski definition) is 1. The lowest BCUT2D eigenvalue weighted by molar-refractivity contribution is 0.288. The van der Waals surface area contributed by atoms with Crippen LogP contribution in [-0.2, 0) is 0 Å². The molecule has 3 heteroatoms. The highest BCUT2D eigenvalue weighted by Gasteiger charge is 2.22. The molecule has 33 heavy (non-hydrogen) atoms. The Labute approximate surface area is 198 Å². The maximum atomic E-state index is 14.4.